The Hall–Kier alpha value is -3.42. The first kappa shape index (κ1) is 17.7. The normalized spacial score (nSPS) is 20.5. The van der Waals surface area contributed by atoms with Crippen LogP contribution in [-0.2, 0) is 5.41 Å². The summed E-state index contributed by atoms with van der Waals surface area (Å²) in [6.07, 6.45) is 3.56. The maximum Gasteiger partial charge on any atom is 0.280 e. The minimum absolute atomic E-state index is 0.145. The number of aromatic nitrogens is 2. The number of oxazole rings is 2. The lowest BCUT2D eigenvalue weighted by Crippen LogP contribution is -2.40. The van der Waals surface area contributed by atoms with Crippen molar-refractivity contribution in [3.05, 3.63) is 65.5 Å². The second-order valence-electron chi connectivity index (χ2n) is 7.67. The molecule has 2 aliphatic heterocycles. The van der Waals surface area contributed by atoms with E-state index in [0.29, 0.717) is 42.8 Å². The first-order valence-corrected chi connectivity index (χ1v) is 9.52. The Bertz CT molecular complexity index is 1120. The number of carbonyl (C=O) groups is 2. The Morgan fingerprint density at radius 3 is 2.28 bits per heavy atom. The van der Waals surface area contributed by atoms with Crippen molar-refractivity contribution < 1.29 is 18.4 Å². The zero-order valence-electron chi connectivity index (χ0n) is 16.2. The predicted octanol–water partition coefficient (Wildman–Crippen LogP) is 2.72. The molecular weight excluding hydrogens is 372 g/mol. The molecule has 148 valence electrons. The van der Waals surface area contributed by atoms with Gasteiger partial charge in [-0.25, -0.2) is 9.97 Å². The monoisotopic (exact) mass is 392 g/mol. The number of hydrogen-bond acceptors (Lipinski definition) is 6. The third-order valence-electron chi connectivity index (χ3n) is 5.79. The third-order valence-corrected chi connectivity index (χ3v) is 5.79. The van der Waals surface area contributed by atoms with Crippen LogP contribution in [-0.4, -0.2) is 46.3 Å². The predicted molar refractivity (Wildman–Crippen MR) is 103 cm³/mol. The molecule has 3 aromatic rings. The lowest BCUT2D eigenvalue weighted by atomic mass is 9.81. The van der Waals surface area contributed by atoms with Gasteiger partial charge in [-0.05, 0) is 18.1 Å². The van der Waals surface area contributed by atoms with Crippen molar-refractivity contribution in [3.8, 4) is 0 Å². The van der Waals surface area contributed by atoms with Crippen molar-refractivity contribution in [1.29, 1.82) is 0 Å². The smallest absolute Gasteiger partial charge is 0.280 e. The summed E-state index contributed by atoms with van der Waals surface area (Å²) in [6, 6.07) is 7.88. The van der Waals surface area contributed by atoms with Crippen molar-refractivity contribution in [2.24, 2.45) is 0 Å². The van der Waals surface area contributed by atoms with Gasteiger partial charge in [-0.15, -0.1) is 0 Å². The SMILES string of the molecule is Cc1nc(C(=O)N2CCC3(C2)CN(C(=O)c2coc(C)n2)c2ccccc23)co1. The number of anilines is 1. The molecule has 2 aliphatic rings. The molecule has 2 amide bonds. The molecule has 1 fully saturated rings. The van der Waals surface area contributed by atoms with E-state index in [1.807, 2.05) is 24.3 Å². The molecule has 0 saturated carbocycles. The van der Waals surface area contributed by atoms with Gasteiger partial charge < -0.3 is 18.6 Å². The standard InChI is InChI=1S/C21H20N4O4/c1-13-22-16(9-28-13)19(26)24-8-7-21(11-24)12-25(18-6-4-3-5-15(18)21)20(27)17-10-29-14(2)23-17/h3-6,9-10H,7-8,11-12H2,1-2H3. The van der Waals surface area contributed by atoms with Gasteiger partial charge in [-0.3, -0.25) is 9.59 Å². The van der Waals surface area contributed by atoms with E-state index in [4.69, 9.17) is 8.83 Å². The van der Waals surface area contributed by atoms with E-state index in [1.165, 1.54) is 12.5 Å². The van der Waals surface area contributed by atoms with Crippen LogP contribution in [0.25, 0.3) is 0 Å². The number of aryl methyl sites for hydroxylation is 2. The van der Waals surface area contributed by atoms with E-state index < -0.39 is 0 Å². The molecule has 0 N–H and O–H groups in total. The fourth-order valence-corrected chi connectivity index (χ4v) is 4.43. The molecule has 1 aromatic carbocycles. The van der Waals surface area contributed by atoms with Crippen molar-refractivity contribution in [2.75, 3.05) is 24.5 Å². The zero-order chi connectivity index (χ0) is 20.2. The Labute approximate surface area is 167 Å². The van der Waals surface area contributed by atoms with E-state index in [-0.39, 0.29) is 17.2 Å². The van der Waals surface area contributed by atoms with Gasteiger partial charge in [0.25, 0.3) is 11.8 Å². The number of fused-ring (bicyclic) bond motifs is 2. The average Bonchev–Trinajstić information content (AvgIpc) is 3.49. The molecule has 0 bridgehead atoms. The molecule has 0 aliphatic carbocycles. The van der Waals surface area contributed by atoms with Gasteiger partial charge in [-0.1, -0.05) is 18.2 Å². The van der Waals surface area contributed by atoms with Crippen LogP contribution in [0.2, 0.25) is 0 Å². The largest absolute Gasteiger partial charge is 0.448 e. The maximum absolute atomic E-state index is 13.1. The molecule has 1 saturated heterocycles. The van der Waals surface area contributed by atoms with Gasteiger partial charge in [0.2, 0.25) is 0 Å². The Kier molecular flexibility index (Phi) is 3.84. The molecule has 1 atom stereocenters. The van der Waals surface area contributed by atoms with E-state index in [9.17, 15) is 9.59 Å². The molecule has 1 unspecified atom stereocenters. The van der Waals surface area contributed by atoms with Crippen LogP contribution in [0.1, 0.15) is 44.7 Å². The minimum atomic E-state index is -0.306. The third kappa shape index (κ3) is 2.74. The highest BCUT2D eigenvalue weighted by Gasteiger charge is 2.50. The molecule has 4 heterocycles. The van der Waals surface area contributed by atoms with E-state index in [2.05, 4.69) is 9.97 Å². The van der Waals surface area contributed by atoms with Gasteiger partial charge in [0, 0.05) is 44.6 Å². The molecular formula is C21H20N4O4. The highest BCUT2D eigenvalue weighted by molar-refractivity contribution is 6.06. The second-order valence-corrected chi connectivity index (χ2v) is 7.67. The van der Waals surface area contributed by atoms with Gasteiger partial charge in [-0.2, -0.15) is 0 Å². The highest BCUT2D eigenvalue weighted by Crippen LogP contribution is 2.46. The second kappa shape index (κ2) is 6.30. The Balaban J connectivity index is 1.45. The number of nitrogens with zero attached hydrogens (tertiary/aromatic N) is 4. The van der Waals surface area contributed by atoms with Crippen LogP contribution in [0.4, 0.5) is 5.69 Å². The summed E-state index contributed by atoms with van der Waals surface area (Å²) in [5.41, 5.74) is 2.25. The number of amides is 2. The first-order valence-electron chi connectivity index (χ1n) is 9.52. The van der Waals surface area contributed by atoms with Crippen LogP contribution in [0.15, 0.2) is 45.6 Å². The van der Waals surface area contributed by atoms with Crippen LogP contribution in [0.3, 0.4) is 0 Å². The fourth-order valence-electron chi connectivity index (χ4n) is 4.43. The first-order chi connectivity index (χ1) is 14.0. The van der Waals surface area contributed by atoms with Crippen LogP contribution in [0, 0.1) is 13.8 Å². The number of para-hydroxylation sites is 1. The van der Waals surface area contributed by atoms with Crippen LogP contribution >= 0.6 is 0 Å². The number of carbonyl (C=O) groups excluding carboxylic acids is 2. The van der Waals surface area contributed by atoms with Crippen molar-refractivity contribution >= 4 is 17.5 Å². The van der Waals surface area contributed by atoms with Gasteiger partial charge in [0.1, 0.15) is 12.5 Å². The van der Waals surface area contributed by atoms with Gasteiger partial charge >= 0.3 is 0 Å². The fraction of sp³-hybridized carbons (Fsp3) is 0.333. The lowest BCUT2D eigenvalue weighted by Gasteiger charge is -2.25. The molecule has 8 nitrogen and oxygen atoms in total. The van der Waals surface area contributed by atoms with Crippen LogP contribution < -0.4 is 4.90 Å². The Morgan fingerprint density at radius 1 is 0.966 bits per heavy atom. The number of rotatable bonds is 2. The summed E-state index contributed by atoms with van der Waals surface area (Å²) >= 11 is 0. The minimum Gasteiger partial charge on any atom is -0.448 e. The van der Waals surface area contributed by atoms with E-state index in [0.717, 1.165) is 17.7 Å². The maximum atomic E-state index is 13.1. The number of hydrogen-bond donors (Lipinski definition) is 0. The highest BCUT2D eigenvalue weighted by atomic mass is 16.3. The summed E-state index contributed by atoms with van der Waals surface area (Å²) < 4.78 is 10.4. The molecule has 5 rings (SSSR count). The summed E-state index contributed by atoms with van der Waals surface area (Å²) in [5.74, 6) is 0.584. The Morgan fingerprint density at radius 2 is 1.62 bits per heavy atom. The molecule has 1 spiro atoms. The van der Waals surface area contributed by atoms with Crippen molar-refractivity contribution in [2.45, 2.75) is 25.7 Å². The zero-order valence-corrected chi connectivity index (χ0v) is 16.2. The summed E-state index contributed by atoms with van der Waals surface area (Å²) in [5, 5.41) is 0. The van der Waals surface area contributed by atoms with Gasteiger partial charge in [0.05, 0.1) is 0 Å². The molecule has 8 heteroatoms. The molecule has 0 radical (unpaired) electrons. The summed E-state index contributed by atoms with van der Waals surface area (Å²) in [6.45, 7) is 5.05. The van der Waals surface area contributed by atoms with Crippen LogP contribution in [0.5, 0.6) is 0 Å². The van der Waals surface area contributed by atoms with Gasteiger partial charge in [0.15, 0.2) is 23.2 Å². The summed E-state index contributed by atoms with van der Waals surface area (Å²) in [7, 11) is 0. The van der Waals surface area contributed by atoms with E-state index >= 15 is 0 Å². The molecule has 2 aromatic heterocycles. The van der Waals surface area contributed by atoms with Crippen molar-refractivity contribution in [1.82, 2.24) is 14.9 Å². The number of benzene rings is 1. The lowest BCUT2D eigenvalue weighted by molar-refractivity contribution is 0.0778. The number of likely N-dealkylation sites (tertiary alicyclic amines) is 1. The molecule has 29 heavy (non-hydrogen) atoms. The average molecular weight is 392 g/mol. The summed E-state index contributed by atoms with van der Waals surface area (Å²) in [4.78, 5) is 37.8. The topological polar surface area (TPSA) is 92.7 Å². The van der Waals surface area contributed by atoms with E-state index in [1.54, 1.807) is 23.6 Å². The quantitative estimate of drug-likeness (QED) is 0.666. The van der Waals surface area contributed by atoms with Crippen molar-refractivity contribution in [3.63, 3.8) is 0 Å².